The second kappa shape index (κ2) is 9.68. The van der Waals surface area contributed by atoms with Crippen molar-refractivity contribution in [1.29, 1.82) is 0 Å². The fraction of sp³-hybridized carbons (Fsp3) is 0.240. The fourth-order valence-electron chi connectivity index (χ4n) is 3.90. The standard InChI is InChI=1S/C25H24FN3O4/c1-17(30)27-22-15-19-7-3-2-6-18(19)14-20(22)25(32)33-16-24(31)29-12-10-28(11-13-29)23-9-5-4-8-21(23)26/h2-9,14-15H,10-13,16H2,1H3,(H,27,30). The van der Waals surface area contributed by atoms with E-state index in [2.05, 4.69) is 5.32 Å². The summed E-state index contributed by atoms with van der Waals surface area (Å²) < 4.78 is 19.3. The molecule has 8 heteroatoms. The maximum Gasteiger partial charge on any atom is 0.340 e. The number of nitrogens with zero attached hydrogens (tertiary/aromatic N) is 2. The summed E-state index contributed by atoms with van der Waals surface area (Å²) in [6.07, 6.45) is 0. The SMILES string of the molecule is CC(=O)Nc1cc2ccccc2cc1C(=O)OCC(=O)N1CCN(c2ccccc2F)CC1. The smallest absolute Gasteiger partial charge is 0.340 e. The third-order valence-electron chi connectivity index (χ3n) is 5.57. The Kier molecular flexibility index (Phi) is 6.53. The minimum atomic E-state index is -0.692. The molecule has 1 saturated heterocycles. The van der Waals surface area contributed by atoms with Crippen molar-refractivity contribution in [3.05, 3.63) is 72.0 Å². The molecule has 7 nitrogen and oxygen atoms in total. The molecule has 3 aromatic carbocycles. The molecule has 0 unspecified atom stereocenters. The number of para-hydroxylation sites is 1. The van der Waals surface area contributed by atoms with Gasteiger partial charge in [0.2, 0.25) is 5.91 Å². The van der Waals surface area contributed by atoms with Crippen LogP contribution in [0.2, 0.25) is 0 Å². The van der Waals surface area contributed by atoms with E-state index in [0.29, 0.717) is 37.6 Å². The van der Waals surface area contributed by atoms with E-state index in [4.69, 9.17) is 4.74 Å². The lowest BCUT2D eigenvalue weighted by atomic mass is 10.0. The van der Waals surface area contributed by atoms with Crippen LogP contribution in [-0.4, -0.2) is 55.5 Å². The highest BCUT2D eigenvalue weighted by Gasteiger charge is 2.24. The Morgan fingerprint density at radius 2 is 1.58 bits per heavy atom. The molecule has 3 aromatic rings. The monoisotopic (exact) mass is 449 g/mol. The van der Waals surface area contributed by atoms with Crippen molar-refractivity contribution in [3.63, 3.8) is 0 Å². The number of carbonyl (C=O) groups is 3. The number of amides is 2. The van der Waals surface area contributed by atoms with Gasteiger partial charge in [0, 0.05) is 33.1 Å². The normalized spacial score (nSPS) is 13.6. The number of ether oxygens (including phenoxy) is 1. The van der Waals surface area contributed by atoms with E-state index in [0.717, 1.165) is 10.8 Å². The molecule has 2 amide bonds. The predicted molar refractivity (Wildman–Crippen MR) is 124 cm³/mol. The Hall–Kier alpha value is -3.94. The highest BCUT2D eigenvalue weighted by atomic mass is 19.1. The summed E-state index contributed by atoms with van der Waals surface area (Å²) in [6, 6.07) is 17.3. The van der Waals surface area contributed by atoms with Gasteiger partial charge in [0.25, 0.3) is 5.91 Å². The number of hydrogen-bond donors (Lipinski definition) is 1. The molecule has 170 valence electrons. The summed E-state index contributed by atoms with van der Waals surface area (Å²) >= 11 is 0. The van der Waals surface area contributed by atoms with Gasteiger partial charge in [-0.05, 0) is 35.0 Å². The first-order valence-electron chi connectivity index (χ1n) is 10.7. The van der Waals surface area contributed by atoms with Crippen molar-refractivity contribution in [2.24, 2.45) is 0 Å². The van der Waals surface area contributed by atoms with Crippen LogP contribution in [-0.2, 0) is 14.3 Å². The quantitative estimate of drug-likeness (QED) is 0.604. The van der Waals surface area contributed by atoms with E-state index >= 15 is 0 Å². The van der Waals surface area contributed by atoms with Crippen LogP contribution in [0.15, 0.2) is 60.7 Å². The van der Waals surface area contributed by atoms with Crippen molar-refractivity contribution in [2.75, 3.05) is 43.0 Å². The fourth-order valence-corrected chi connectivity index (χ4v) is 3.90. The van der Waals surface area contributed by atoms with Gasteiger partial charge in [-0.15, -0.1) is 0 Å². The predicted octanol–water partition coefficient (Wildman–Crippen LogP) is 3.44. The zero-order valence-corrected chi connectivity index (χ0v) is 18.2. The topological polar surface area (TPSA) is 78.9 Å². The number of piperazine rings is 1. The lowest BCUT2D eigenvalue weighted by Gasteiger charge is -2.36. The van der Waals surface area contributed by atoms with Gasteiger partial charge in [-0.1, -0.05) is 36.4 Å². The third-order valence-corrected chi connectivity index (χ3v) is 5.57. The highest BCUT2D eigenvalue weighted by Crippen LogP contribution is 2.25. The molecule has 0 aliphatic carbocycles. The number of benzene rings is 3. The minimum Gasteiger partial charge on any atom is -0.452 e. The summed E-state index contributed by atoms with van der Waals surface area (Å²) in [6.45, 7) is 2.71. The van der Waals surface area contributed by atoms with Crippen molar-refractivity contribution >= 4 is 39.9 Å². The molecule has 0 bridgehead atoms. The minimum absolute atomic E-state index is 0.182. The molecule has 0 spiro atoms. The zero-order valence-electron chi connectivity index (χ0n) is 18.2. The van der Waals surface area contributed by atoms with Gasteiger partial charge in [0.1, 0.15) is 5.82 Å². The number of halogens is 1. The zero-order chi connectivity index (χ0) is 23.4. The molecule has 33 heavy (non-hydrogen) atoms. The van der Waals surface area contributed by atoms with Crippen LogP contribution in [0.4, 0.5) is 15.8 Å². The first-order chi connectivity index (χ1) is 15.9. The summed E-state index contributed by atoms with van der Waals surface area (Å²) in [4.78, 5) is 40.4. The molecule has 1 heterocycles. The van der Waals surface area contributed by atoms with Crippen LogP contribution in [0.5, 0.6) is 0 Å². The van der Waals surface area contributed by atoms with Gasteiger partial charge in [-0.2, -0.15) is 0 Å². The Bertz CT molecular complexity index is 1210. The van der Waals surface area contributed by atoms with E-state index in [-0.39, 0.29) is 23.2 Å². The van der Waals surface area contributed by atoms with E-state index in [1.54, 1.807) is 35.2 Å². The number of nitrogens with one attached hydrogen (secondary N) is 1. The van der Waals surface area contributed by atoms with Crippen LogP contribution >= 0.6 is 0 Å². The molecule has 0 aromatic heterocycles. The van der Waals surface area contributed by atoms with Crippen molar-refractivity contribution in [2.45, 2.75) is 6.92 Å². The first kappa shape index (κ1) is 22.3. The molecule has 1 fully saturated rings. The van der Waals surface area contributed by atoms with E-state index in [1.165, 1.54) is 13.0 Å². The molecular weight excluding hydrogens is 425 g/mol. The van der Waals surface area contributed by atoms with Crippen LogP contribution in [0.1, 0.15) is 17.3 Å². The third kappa shape index (κ3) is 5.11. The van der Waals surface area contributed by atoms with E-state index < -0.39 is 12.6 Å². The summed E-state index contributed by atoms with van der Waals surface area (Å²) in [5.41, 5.74) is 1.02. The summed E-state index contributed by atoms with van der Waals surface area (Å²) in [7, 11) is 0. The van der Waals surface area contributed by atoms with Crippen LogP contribution in [0, 0.1) is 5.82 Å². The average molecular weight is 449 g/mol. The van der Waals surface area contributed by atoms with E-state index in [1.807, 2.05) is 29.2 Å². The van der Waals surface area contributed by atoms with E-state index in [9.17, 15) is 18.8 Å². The van der Waals surface area contributed by atoms with Crippen LogP contribution in [0.25, 0.3) is 10.8 Å². The van der Waals surface area contributed by atoms with Gasteiger partial charge < -0.3 is 19.9 Å². The van der Waals surface area contributed by atoms with Gasteiger partial charge in [0.15, 0.2) is 6.61 Å². The molecule has 1 aliphatic rings. The van der Waals surface area contributed by atoms with Crippen LogP contribution < -0.4 is 10.2 Å². The van der Waals surface area contributed by atoms with Gasteiger partial charge >= 0.3 is 5.97 Å². The molecule has 4 rings (SSSR count). The molecular formula is C25H24FN3O4. The Balaban J connectivity index is 1.39. The number of anilines is 2. The van der Waals surface area contributed by atoms with Crippen molar-refractivity contribution in [1.82, 2.24) is 4.90 Å². The molecule has 0 saturated carbocycles. The maximum atomic E-state index is 14.0. The summed E-state index contributed by atoms with van der Waals surface area (Å²) in [5, 5.41) is 4.33. The second-order valence-electron chi connectivity index (χ2n) is 7.82. The number of carbonyl (C=O) groups excluding carboxylic acids is 3. The lowest BCUT2D eigenvalue weighted by molar-refractivity contribution is -0.134. The molecule has 0 atom stereocenters. The Morgan fingerprint density at radius 1 is 0.939 bits per heavy atom. The van der Waals surface area contributed by atoms with Gasteiger partial charge in [-0.25, -0.2) is 9.18 Å². The molecule has 0 radical (unpaired) electrons. The second-order valence-corrected chi connectivity index (χ2v) is 7.82. The lowest BCUT2D eigenvalue weighted by Crippen LogP contribution is -2.50. The number of fused-ring (bicyclic) bond motifs is 1. The largest absolute Gasteiger partial charge is 0.452 e. The Morgan fingerprint density at radius 3 is 2.24 bits per heavy atom. The van der Waals surface area contributed by atoms with Crippen molar-refractivity contribution < 1.29 is 23.5 Å². The number of rotatable bonds is 5. The van der Waals surface area contributed by atoms with Crippen molar-refractivity contribution in [3.8, 4) is 0 Å². The first-order valence-corrected chi connectivity index (χ1v) is 10.7. The summed E-state index contributed by atoms with van der Waals surface area (Å²) in [5.74, 6) is -1.62. The average Bonchev–Trinajstić information content (AvgIpc) is 2.82. The van der Waals surface area contributed by atoms with Crippen LogP contribution in [0.3, 0.4) is 0 Å². The molecule has 1 aliphatic heterocycles. The maximum absolute atomic E-state index is 14.0. The van der Waals surface area contributed by atoms with Gasteiger partial charge in [0.05, 0.1) is 16.9 Å². The number of esters is 1. The molecule has 1 N–H and O–H groups in total. The highest BCUT2D eigenvalue weighted by molar-refractivity contribution is 6.05. The number of hydrogen-bond acceptors (Lipinski definition) is 5. The van der Waals surface area contributed by atoms with Gasteiger partial charge in [-0.3, -0.25) is 9.59 Å². The Labute approximate surface area is 190 Å².